The fourth-order valence-corrected chi connectivity index (χ4v) is 3.35. The number of hydrogen-bond acceptors (Lipinski definition) is 9. The second-order valence-electron chi connectivity index (χ2n) is 6.84. The number of ether oxygens (including phenoxy) is 1. The van der Waals surface area contributed by atoms with Gasteiger partial charge in [-0.05, 0) is 25.8 Å². The van der Waals surface area contributed by atoms with Crippen molar-refractivity contribution in [3.63, 3.8) is 0 Å². The van der Waals surface area contributed by atoms with Crippen molar-refractivity contribution in [1.82, 2.24) is 5.32 Å². The topological polar surface area (TPSA) is 162 Å². The van der Waals surface area contributed by atoms with Gasteiger partial charge in [0.15, 0.2) is 5.76 Å². The number of amides is 1. The van der Waals surface area contributed by atoms with Crippen molar-refractivity contribution in [2.45, 2.75) is 26.2 Å². The molecule has 2 N–H and O–H groups in total. The highest BCUT2D eigenvalue weighted by atomic mass is 16.6. The quantitative estimate of drug-likeness (QED) is 0.366. The van der Waals surface area contributed by atoms with Gasteiger partial charge in [-0.15, -0.1) is 0 Å². The zero-order valence-corrected chi connectivity index (χ0v) is 17.0. The first-order valence-electron chi connectivity index (χ1n) is 9.48. The number of anilines is 1. The summed E-state index contributed by atoms with van der Waals surface area (Å²) in [7, 11) is 1.54. The Kier molecular flexibility index (Phi) is 6.60. The van der Waals surface area contributed by atoms with Crippen LogP contribution in [-0.2, 0) is 11.2 Å². The van der Waals surface area contributed by atoms with Gasteiger partial charge < -0.3 is 14.5 Å². The summed E-state index contributed by atoms with van der Waals surface area (Å²) >= 11 is 0. The maximum atomic E-state index is 12.4. The number of aryl methyl sites for hydroxylation is 1. The van der Waals surface area contributed by atoms with Crippen molar-refractivity contribution in [3.8, 4) is 0 Å². The van der Waals surface area contributed by atoms with E-state index in [1.807, 2.05) is 0 Å². The molecule has 1 aromatic heterocycles. The first-order chi connectivity index (χ1) is 14.8. The molecule has 0 atom stereocenters. The monoisotopic (exact) mass is 431 g/mol. The van der Waals surface area contributed by atoms with Gasteiger partial charge in [0.1, 0.15) is 11.4 Å². The number of nitrogens with zero attached hydrogens (tertiary/aromatic N) is 3. The van der Waals surface area contributed by atoms with Gasteiger partial charge >= 0.3 is 5.69 Å². The third-order valence-corrected chi connectivity index (χ3v) is 4.82. The highest BCUT2D eigenvalue weighted by Crippen LogP contribution is 2.32. The van der Waals surface area contributed by atoms with E-state index in [-0.39, 0.29) is 23.0 Å². The van der Waals surface area contributed by atoms with Crippen molar-refractivity contribution in [2.75, 3.05) is 25.7 Å². The van der Waals surface area contributed by atoms with Crippen molar-refractivity contribution in [1.29, 1.82) is 0 Å². The Balaban J connectivity index is 1.89. The summed E-state index contributed by atoms with van der Waals surface area (Å²) < 4.78 is 10.7. The minimum atomic E-state index is -0.715. The van der Waals surface area contributed by atoms with Gasteiger partial charge in [-0.2, -0.15) is 5.10 Å². The largest absolute Gasteiger partial charge is 0.455 e. The number of nitro benzene ring substituents is 2. The predicted molar refractivity (Wildman–Crippen MR) is 111 cm³/mol. The summed E-state index contributed by atoms with van der Waals surface area (Å²) in [6.45, 7) is 2.46. The highest BCUT2D eigenvalue weighted by Gasteiger charge is 2.28. The van der Waals surface area contributed by atoms with E-state index in [9.17, 15) is 25.0 Å². The Morgan fingerprint density at radius 2 is 2.03 bits per heavy atom. The van der Waals surface area contributed by atoms with Gasteiger partial charge in [0.05, 0.1) is 28.2 Å². The number of fused-ring (bicyclic) bond motifs is 1. The summed E-state index contributed by atoms with van der Waals surface area (Å²) in [4.78, 5) is 33.2. The van der Waals surface area contributed by atoms with E-state index in [0.29, 0.717) is 48.6 Å². The molecule has 3 rings (SSSR count). The lowest BCUT2D eigenvalue weighted by Crippen LogP contribution is -2.27. The molecule has 0 saturated heterocycles. The van der Waals surface area contributed by atoms with Crippen molar-refractivity contribution in [3.05, 3.63) is 61.1 Å². The number of carbonyl (C=O) groups is 1. The van der Waals surface area contributed by atoms with Crippen molar-refractivity contribution >= 4 is 28.7 Å². The Morgan fingerprint density at radius 1 is 1.26 bits per heavy atom. The van der Waals surface area contributed by atoms with Crippen LogP contribution in [0, 0.1) is 27.2 Å². The molecule has 0 unspecified atom stereocenters. The SMILES string of the molecule is COCCNC(=O)c1oc2c(c1C)/C(=N/Nc1ccc([N+](=O)[O-])cc1[N+](=O)[O-])CCC2. The van der Waals surface area contributed by atoms with Gasteiger partial charge in [-0.1, -0.05) is 0 Å². The lowest BCUT2D eigenvalue weighted by Gasteiger charge is -2.13. The Hall–Kier alpha value is -3.80. The Morgan fingerprint density at radius 3 is 2.71 bits per heavy atom. The maximum absolute atomic E-state index is 12.4. The number of methoxy groups -OCH3 is 1. The molecule has 0 fully saturated rings. The normalized spacial score (nSPS) is 14.2. The van der Waals surface area contributed by atoms with Crippen LogP contribution in [0.4, 0.5) is 17.1 Å². The number of hydrogen-bond donors (Lipinski definition) is 2. The molecule has 2 aromatic rings. The van der Waals surface area contributed by atoms with E-state index in [1.165, 1.54) is 13.2 Å². The molecule has 0 saturated carbocycles. The fraction of sp³-hybridized carbons (Fsp3) is 0.368. The summed E-state index contributed by atoms with van der Waals surface area (Å²) in [5.74, 6) is 0.457. The van der Waals surface area contributed by atoms with Crippen LogP contribution in [0.2, 0.25) is 0 Å². The zero-order chi connectivity index (χ0) is 22.5. The van der Waals surface area contributed by atoms with Crippen LogP contribution in [0.25, 0.3) is 0 Å². The van der Waals surface area contributed by atoms with Crippen LogP contribution in [-0.4, -0.2) is 41.7 Å². The average Bonchev–Trinajstić information content (AvgIpc) is 3.09. The van der Waals surface area contributed by atoms with Crippen LogP contribution >= 0.6 is 0 Å². The summed E-state index contributed by atoms with van der Waals surface area (Å²) in [5.41, 5.74) is 3.73. The van der Waals surface area contributed by atoms with Crippen LogP contribution in [0.5, 0.6) is 0 Å². The van der Waals surface area contributed by atoms with Gasteiger partial charge in [-0.3, -0.25) is 30.4 Å². The zero-order valence-electron chi connectivity index (χ0n) is 17.0. The minimum Gasteiger partial charge on any atom is -0.455 e. The minimum absolute atomic E-state index is 0.0221. The molecule has 1 aliphatic carbocycles. The fourth-order valence-electron chi connectivity index (χ4n) is 3.35. The molecule has 1 aliphatic rings. The third kappa shape index (κ3) is 4.69. The molecular formula is C19H21N5O7. The number of carbonyl (C=O) groups excluding carboxylic acids is 1. The third-order valence-electron chi connectivity index (χ3n) is 4.82. The lowest BCUT2D eigenvalue weighted by atomic mass is 9.93. The van der Waals surface area contributed by atoms with E-state index in [0.717, 1.165) is 18.6 Å². The predicted octanol–water partition coefficient (Wildman–Crippen LogP) is 2.93. The van der Waals surface area contributed by atoms with Crippen molar-refractivity contribution < 1.29 is 23.8 Å². The van der Waals surface area contributed by atoms with Gasteiger partial charge in [0.2, 0.25) is 0 Å². The number of rotatable bonds is 8. The standard InChI is InChI=1S/C19H21N5O7/c1-11-17-14(4-3-5-16(17)31-18(11)19(25)20-8-9-30-2)22-21-13-7-6-12(23(26)27)10-15(13)24(28)29/h6-7,10,21H,3-5,8-9H2,1-2H3,(H,20,25)/b22-14+. The van der Waals surface area contributed by atoms with Gasteiger partial charge in [0.25, 0.3) is 11.6 Å². The number of nitro groups is 2. The number of furan rings is 1. The van der Waals surface area contributed by atoms with Crippen LogP contribution < -0.4 is 10.7 Å². The first kappa shape index (κ1) is 21.9. The van der Waals surface area contributed by atoms with Gasteiger partial charge in [0, 0.05) is 37.3 Å². The summed E-state index contributed by atoms with van der Waals surface area (Å²) in [6.07, 6.45) is 1.94. The molecule has 0 spiro atoms. The second kappa shape index (κ2) is 9.34. The maximum Gasteiger partial charge on any atom is 0.301 e. The average molecular weight is 431 g/mol. The van der Waals surface area contributed by atoms with E-state index in [2.05, 4.69) is 15.8 Å². The van der Waals surface area contributed by atoms with Crippen LogP contribution in [0.15, 0.2) is 27.7 Å². The van der Waals surface area contributed by atoms with E-state index in [1.54, 1.807) is 6.92 Å². The number of benzene rings is 1. The Labute approximate surface area is 176 Å². The van der Waals surface area contributed by atoms with E-state index >= 15 is 0 Å². The first-order valence-corrected chi connectivity index (χ1v) is 9.48. The lowest BCUT2D eigenvalue weighted by molar-refractivity contribution is -0.393. The molecular weight excluding hydrogens is 410 g/mol. The van der Waals surface area contributed by atoms with E-state index in [4.69, 9.17) is 9.15 Å². The smallest absolute Gasteiger partial charge is 0.301 e. The second-order valence-corrected chi connectivity index (χ2v) is 6.84. The van der Waals surface area contributed by atoms with E-state index < -0.39 is 15.5 Å². The summed E-state index contributed by atoms with van der Waals surface area (Å²) in [6, 6.07) is 3.27. The number of nitrogens with one attached hydrogen (secondary N) is 2. The molecule has 1 heterocycles. The molecule has 164 valence electrons. The van der Waals surface area contributed by atoms with Crippen molar-refractivity contribution in [2.24, 2.45) is 5.10 Å². The Bertz CT molecular complexity index is 1060. The number of non-ortho nitro benzene ring substituents is 1. The highest BCUT2D eigenvalue weighted by molar-refractivity contribution is 6.06. The summed E-state index contributed by atoms with van der Waals surface area (Å²) in [5, 5.41) is 29.2. The molecule has 0 aliphatic heterocycles. The van der Waals surface area contributed by atoms with Crippen LogP contribution in [0.1, 0.15) is 40.3 Å². The molecule has 12 nitrogen and oxygen atoms in total. The molecule has 1 aromatic carbocycles. The molecule has 31 heavy (non-hydrogen) atoms. The molecule has 12 heteroatoms. The number of hydrazone groups is 1. The molecule has 0 bridgehead atoms. The molecule has 0 radical (unpaired) electrons. The molecule has 1 amide bonds. The van der Waals surface area contributed by atoms with Gasteiger partial charge in [-0.25, -0.2) is 0 Å². The van der Waals surface area contributed by atoms with Crippen LogP contribution in [0.3, 0.4) is 0 Å².